The Bertz CT molecular complexity index is 965. The lowest BCUT2D eigenvalue weighted by Crippen LogP contribution is -2.17. The van der Waals surface area contributed by atoms with Gasteiger partial charge in [0.25, 0.3) is 0 Å². The Morgan fingerprint density at radius 3 is 2.56 bits per heavy atom. The maximum absolute atomic E-state index is 12.3. The van der Waals surface area contributed by atoms with E-state index in [1.165, 1.54) is 16.4 Å². The Hall–Kier alpha value is -2.22. The van der Waals surface area contributed by atoms with Crippen LogP contribution in [0, 0.1) is 13.8 Å². The number of rotatable bonds is 5. The Labute approximate surface area is 171 Å². The highest BCUT2D eigenvalue weighted by Gasteiger charge is 2.15. The number of carbonyl (C=O) groups excluding carboxylic acids is 1. The molecule has 0 saturated heterocycles. The van der Waals surface area contributed by atoms with E-state index in [1.807, 2.05) is 26.0 Å². The van der Waals surface area contributed by atoms with Gasteiger partial charge in [0.1, 0.15) is 0 Å². The van der Waals surface area contributed by atoms with Crippen molar-refractivity contribution in [3.05, 3.63) is 57.6 Å². The molecule has 1 heterocycles. The van der Waals surface area contributed by atoms with Crippen LogP contribution in [0.1, 0.15) is 11.1 Å². The normalized spacial score (nSPS) is 10.8. The van der Waals surface area contributed by atoms with Gasteiger partial charge in [-0.05, 0) is 55.3 Å². The van der Waals surface area contributed by atoms with Gasteiger partial charge in [0, 0.05) is 10.6 Å². The molecular formula is C18H17Cl2N5OS. The van der Waals surface area contributed by atoms with E-state index in [0.717, 1.165) is 16.7 Å². The first-order chi connectivity index (χ1) is 12.8. The van der Waals surface area contributed by atoms with Crippen molar-refractivity contribution in [1.82, 2.24) is 14.9 Å². The Kier molecular flexibility index (Phi) is 5.94. The minimum absolute atomic E-state index is 0.125. The molecule has 0 radical (unpaired) electrons. The maximum atomic E-state index is 12.3. The van der Waals surface area contributed by atoms with Gasteiger partial charge >= 0.3 is 0 Å². The van der Waals surface area contributed by atoms with Crippen molar-refractivity contribution >= 4 is 46.6 Å². The van der Waals surface area contributed by atoms with E-state index in [9.17, 15) is 4.79 Å². The van der Waals surface area contributed by atoms with Crippen LogP contribution in [0.3, 0.4) is 0 Å². The number of anilines is 1. The number of hydrogen-bond donors (Lipinski definition) is 2. The van der Waals surface area contributed by atoms with Crippen LogP contribution in [0.25, 0.3) is 11.4 Å². The minimum atomic E-state index is -0.204. The summed E-state index contributed by atoms with van der Waals surface area (Å²) in [5.74, 6) is 6.48. The van der Waals surface area contributed by atoms with Crippen LogP contribution >= 0.6 is 35.0 Å². The van der Waals surface area contributed by atoms with Crippen LogP contribution in [-0.2, 0) is 4.79 Å². The van der Waals surface area contributed by atoms with Gasteiger partial charge in [-0.25, -0.2) is 4.68 Å². The predicted octanol–water partition coefficient (Wildman–Crippen LogP) is 4.31. The van der Waals surface area contributed by atoms with Gasteiger partial charge in [0.05, 0.1) is 16.5 Å². The van der Waals surface area contributed by atoms with E-state index < -0.39 is 0 Å². The second-order valence-corrected chi connectivity index (χ2v) is 7.74. The number of carbonyl (C=O) groups is 1. The van der Waals surface area contributed by atoms with Gasteiger partial charge in [-0.15, -0.1) is 10.2 Å². The molecule has 0 aliphatic carbocycles. The fourth-order valence-corrected chi connectivity index (χ4v) is 3.70. The number of nitrogens with zero attached hydrogens (tertiary/aromatic N) is 3. The van der Waals surface area contributed by atoms with Gasteiger partial charge < -0.3 is 11.2 Å². The minimum Gasteiger partial charge on any atom is -0.335 e. The lowest BCUT2D eigenvalue weighted by atomic mass is 10.1. The first kappa shape index (κ1) is 19.5. The highest BCUT2D eigenvalue weighted by Crippen LogP contribution is 2.28. The highest BCUT2D eigenvalue weighted by atomic mass is 35.5. The third kappa shape index (κ3) is 4.55. The molecule has 3 aromatic rings. The molecule has 3 N–H and O–H groups in total. The SMILES string of the molecule is Cc1cc(C)c(NC(=O)CSc2nnc(-c3ccc(Cl)cc3)n2N)c(Cl)c1. The summed E-state index contributed by atoms with van der Waals surface area (Å²) in [6.45, 7) is 3.85. The van der Waals surface area contributed by atoms with Gasteiger partial charge in [0.2, 0.25) is 11.1 Å². The molecule has 0 aliphatic heterocycles. The number of aromatic nitrogens is 3. The van der Waals surface area contributed by atoms with Crippen LogP contribution in [0.5, 0.6) is 0 Å². The summed E-state index contributed by atoms with van der Waals surface area (Å²) >= 11 is 13.3. The molecule has 0 saturated carbocycles. The molecule has 3 rings (SSSR count). The van der Waals surface area contributed by atoms with Crippen LogP contribution in [0.15, 0.2) is 41.6 Å². The van der Waals surface area contributed by atoms with Gasteiger partial charge in [-0.2, -0.15) is 0 Å². The summed E-state index contributed by atoms with van der Waals surface area (Å²) in [5, 5.41) is 12.5. The lowest BCUT2D eigenvalue weighted by molar-refractivity contribution is -0.113. The number of nitrogens with one attached hydrogen (secondary N) is 1. The number of nitrogen functional groups attached to an aromatic ring is 1. The van der Waals surface area contributed by atoms with Crippen LogP contribution in [-0.4, -0.2) is 26.5 Å². The molecule has 6 nitrogen and oxygen atoms in total. The fourth-order valence-electron chi connectivity index (χ4n) is 2.55. The Morgan fingerprint density at radius 1 is 1.19 bits per heavy atom. The average Bonchev–Trinajstić information content (AvgIpc) is 2.98. The molecule has 9 heteroatoms. The van der Waals surface area contributed by atoms with E-state index in [2.05, 4.69) is 15.5 Å². The van der Waals surface area contributed by atoms with Crippen LogP contribution in [0.2, 0.25) is 10.0 Å². The van der Waals surface area contributed by atoms with E-state index in [4.69, 9.17) is 29.0 Å². The highest BCUT2D eigenvalue weighted by molar-refractivity contribution is 7.99. The molecule has 0 aliphatic rings. The second-order valence-electron chi connectivity index (χ2n) is 5.96. The summed E-state index contributed by atoms with van der Waals surface area (Å²) < 4.78 is 1.35. The zero-order valence-corrected chi connectivity index (χ0v) is 17.0. The number of hydrogen-bond acceptors (Lipinski definition) is 5. The third-order valence-electron chi connectivity index (χ3n) is 3.80. The standard InChI is InChI=1S/C18H17Cl2N5OS/c1-10-7-11(2)16(14(20)8-10)22-15(26)9-27-18-24-23-17(25(18)21)12-3-5-13(19)6-4-12/h3-8H,9,21H2,1-2H3,(H,22,26). The maximum Gasteiger partial charge on any atom is 0.234 e. The number of aryl methyl sites for hydroxylation is 2. The number of thioether (sulfide) groups is 1. The zero-order valence-electron chi connectivity index (χ0n) is 14.7. The second kappa shape index (κ2) is 8.21. The van der Waals surface area contributed by atoms with Crippen molar-refractivity contribution in [2.24, 2.45) is 0 Å². The van der Waals surface area contributed by atoms with E-state index in [1.54, 1.807) is 24.3 Å². The van der Waals surface area contributed by atoms with E-state index >= 15 is 0 Å². The van der Waals surface area contributed by atoms with Crippen molar-refractivity contribution in [3.8, 4) is 11.4 Å². The monoisotopic (exact) mass is 421 g/mol. The first-order valence-electron chi connectivity index (χ1n) is 8.01. The topological polar surface area (TPSA) is 85.8 Å². The number of halogens is 2. The molecule has 0 unspecified atom stereocenters. The molecule has 0 atom stereocenters. The quantitative estimate of drug-likeness (QED) is 0.473. The average molecular weight is 422 g/mol. The van der Waals surface area contributed by atoms with Crippen molar-refractivity contribution in [1.29, 1.82) is 0 Å². The summed E-state index contributed by atoms with van der Waals surface area (Å²) in [6.07, 6.45) is 0. The van der Waals surface area contributed by atoms with Gasteiger partial charge in [0.15, 0.2) is 5.82 Å². The van der Waals surface area contributed by atoms with Crippen molar-refractivity contribution < 1.29 is 4.79 Å². The molecule has 0 spiro atoms. The summed E-state index contributed by atoms with van der Waals surface area (Å²) in [5.41, 5.74) is 3.35. The fraction of sp³-hybridized carbons (Fsp3) is 0.167. The van der Waals surface area contributed by atoms with Gasteiger partial charge in [-0.3, -0.25) is 4.79 Å². The molecule has 1 amide bonds. The summed E-state index contributed by atoms with van der Waals surface area (Å²) in [6, 6.07) is 10.9. The number of nitrogens with two attached hydrogens (primary N) is 1. The summed E-state index contributed by atoms with van der Waals surface area (Å²) in [7, 11) is 0. The van der Waals surface area contributed by atoms with E-state index in [-0.39, 0.29) is 11.7 Å². The molecule has 1 aromatic heterocycles. The Morgan fingerprint density at radius 2 is 1.89 bits per heavy atom. The van der Waals surface area contributed by atoms with Crippen LogP contribution < -0.4 is 11.2 Å². The van der Waals surface area contributed by atoms with E-state index in [0.29, 0.717) is 26.7 Å². The van der Waals surface area contributed by atoms with Gasteiger partial charge in [-0.1, -0.05) is 41.0 Å². The summed E-state index contributed by atoms with van der Waals surface area (Å²) in [4.78, 5) is 12.3. The molecular weight excluding hydrogens is 405 g/mol. The lowest BCUT2D eigenvalue weighted by Gasteiger charge is -2.11. The van der Waals surface area contributed by atoms with Crippen molar-refractivity contribution in [2.45, 2.75) is 19.0 Å². The van der Waals surface area contributed by atoms with Crippen molar-refractivity contribution in [3.63, 3.8) is 0 Å². The molecule has 27 heavy (non-hydrogen) atoms. The van der Waals surface area contributed by atoms with Crippen LogP contribution in [0.4, 0.5) is 5.69 Å². The molecule has 140 valence electrons. The number of amides is 1. The first-order valence-corrected chi connectivity index (χ1v) is 9.75. The number of benzene rings is 2. The molecule has 2 aromatic carbocycles. The predicted molar refractivity (Wildman–Crippen MR) is 111 cm³/mol. The largest absolute Gasteiger partial charge is 0.335 e. The smallest absolute Gasteiger partial charge is 0.234 e. The third-order valence-corrected chi connectivity index (χ3v) is 5.29. The van der Waals surface area contributed by atoms with Crippen molar-refractivity contribution in [2.75, 3.05) is 16.9 Å². The Balaban J connectivity index is 1.67. The molecule has 0 bridgehead atoms. The molecule has 0 fully saturated rings. The zero-order chi connectivity index (χ0) is 19.6.